The second kappa shape index (κ2) is 6.39. The van der Waals surface area contributed by atoms with Gasteiger partial charge in [0.1, 0.15) is 0 Å². The Morgan fingerprint density at radius 1 is 0.611 bits per heavy atom. The Bertz CT molecular complexity index is 594. The molecule has 0 heterocycles. The van der Waals surface area contributed by atoms with Crippen LogP contribution in [0.15, 0.2) is 51.1 Å². The first kappa shape index (κ1) is 15.7. The second-order valence-electron chi connectivity index (χ2n) is 3.47. The number of benzene rings is 2. The molecule has 0 aliphatic rings. The van der Waals surface area contributed by atoms with E-state index in [0.717, 1.165) is 38.0 Å². The third-order valence-electron chi connectivity index (χ3n) is 2.31. The van der Waals surface area contributed by atoms with Crippen molar-refractivity contribution < 1.29 is 0 Å². The monoisotopic (exact) mass is 622 g/mol. The van der Waals surface area contributed by atoms with Crippen molar-refractivity contribution in [1.29, 1.82) is 0 Å². The summed E-state index contributed by atoms with van der Waals surface area (Å²) in [5, 5.41) is 0. The largest absolute Gasteiger partial charge is 0.0520 e. The molecule has 0 radical (unpaired) electrons. The molecule has 0 unspecified atom stereocenters. The Morgan fingerprint density at radius 3 is 1.67 bits per heavy atom. The molecule has 0 spiro atoms. The first-order valence-corrected chi connectivity index (χ1v) is 9.46. The number of halogens is 6. The molecular weight excluding hydrogens is 624 g/mol. The Labute approximate surface area is 156 Å². The zero-order valence-corrected chi connectivity index (χ0v) is 18.1. The van der Waals surface area contributed by atoms with Crippen molar-refractivity contribution >= 4 is 95.6 Å². The zero-order chi connectivity index (χ0) is 13.4. The molecule has 2 aromatic rings. The molecule has 2 aromatic carbocycles. The Kier molecular flexibility index (Phi) is 5.58. The van der Waals surface area contributed by atoms with Gasteiger partial charge in [-0.2, -0.15) is 0 Å². The normalized spacial score (nSPS) is 10.8. The van der Waals surface area contributed by atoms with E-state index in [1.54, 1.807) is 0 Å². The van der Waals surface area contributed by atoms with Gasteiger partial charge in [-0.15, -0.1) is 0 Å². The summed E-state index contributed by atoms with van der Waals surface area (Å²) in [4.78, 5) is 0. The maximum Gasteiger partial charge on any atom is 0.0408 e. The van der Waals surface area contributed by atoms with Gasteiger partial charge in [0.2, 0.25) is 0 Å². The van der Waals surface area contributed by atoms with Gasteiger partial charge < -0.3 is 0 Å². The minimum atomic E-state index is 1.00. The Hall–Kier alpha value is 1.32. The highest BCUT2D eigenvalue weighted by Gasteiger charge is 2.16. The fourth-order valence-corrected chi connectivity index (χ4v) is 5.23. The highest BCUT2D eigenvalue weighted by atomic mass is 79.9. The van der Waals surface area contributed by atoms with Crippen LogP contribution in [0.3, 0.4) is 0 Å². The van der Waals surface area contributed by atoms with Crippen LogP contribution >= 0.6 is 95.6 Å². The molecule has 0 aliphatic heterocycles. The standard InChI is InChI=1S/C12H4Br6/c13-5-1-2-6(7(14)3-5)10-11(17)8(15)4-9(16)12(10)18/h1-4H. The highest BCUT2D eigenvalue weighted by Crippen LogP contribution is 2.46. The van der Waals surface area contributed by atoms with E-state index in [2.05, 4.69) is 102 Å². The molecule has 0 N–H and O–H groups in total. The molecule has 0 nitrogen and oxygen atoms in total. The minimum Gasteiger partial charge on any atom is -0.0520 e. The molecule has 0 saturated carbocycles. The second-order valence-corrected chi connectivity index (χ2v) is 8.53. The summed E-state index contributed by atoms with van der Waals surface area (Å²) in [7, 11) is 0. The summed E-state index contributed by atoms with van der Waals surface area (Å²) in [6.07, 6.45) is 0. The quantitative estimate of drug-likeness (QED) is 0.282. The maximum atomic E-state index is 3.62. The molecule has 94 valence electrons. The van der Waals surface area contributed by atoms with Gasteiger partial charge in [-0.1, -0.05) is 37.9 Å². The van der Waals surface area contributed by atoms with Gasteiger partial charge >= 0.3 is 0 Å². The van der Waals surface area contributed by atoms with Crippen LogP contribution in [-0.2, 0) is 0 Å². The van der Waals surface area contributed by atoms with E-state index in [1.807, 2.05) is 18.2 Å². The maximum absolute atomic E-state index is 3.62. The van der Waals surface area contributed by atoms with Crippen LogP contribution in [0, 0.1) is 0 Å². The molecule has 0 amide bonds. The first-order chi connectivity index (χ1) is 8.41. The van der Waals surface area contributed by atoms with E-state index in [-0.39, 0.29) is 0 Å². The molecule has 18 heavy (non-hydrogen) atoms. The third kappa shape index (κ3) is 3.14. The fourth-order valence-electron chi connectivity index (χ4n) is 1.50. The number of hydrogen-bond donors (Lipinski definition) is 0. The van der Waals surface area contributed by atoms with Crippen LogP contribution in [0.25, 0.3) is 11.1 Å². The predicted molar refractivity (Wildman–Crippen MR) is 98.1 cm³/mol. The molecule has 0 aromatic heterocycles. The smallest absolute Gasteiger partial charge is 0.0408 e. The van der Waals surface area contributed by atoms with Gasteiger partial charge in [0.05, 0.1) is 0 Å². The van der Waals surface area contributed by atoms with Crippen LogP contribution in [0.5, 0.6) is 0 Å². The summed E-state index contributed by atoms with van der Waals surface area (Å²) in [6.45, 7) is 0. The molecule has 0 atom stereocenters. The SMILES string of the molecule is Brc1ccc(-c2c(Br)c(Br)cc(Br)c2Br)c(Br)c1. The predicted octanol–water partition coefficient (Wildman–Crippen LogP) is 7.93. The molecule has 6 heteroatoms. The van der Waals surface area contributed by atoms with Crippen molar-refractivity contribution in [3.05, 3.63) is 51.1 Å². The molecule has 0 saturated heterocycles. The van der Waals surface area contributed by atoms with Crippen LogP contribution in [0.1, 0.15) is 0 Å². The van der Waals surface area contributed by atoms with Gasteiger partial charge in [-0.25, -0.2) is 0 Å². The molecule has 0 fully saturated rings. The van der Waals surface area contributed by atoms with Crippen LogP contribution in [0.4, 0.5) is 0 Å². The van der Waals surface area contributed by atoms with E-state index in [1.165, 1.54) is 0 Å². The van der Waals surface area contributed by atoms with E-state index in [4.69, 9.17) is 0 Å². The highest BCUT2D eigenvalue weighted by molar-refractivity contribution is 9.14. The number of rotatable bonds is 1. The lowest BCUT2D eigenvalue weighted by atomic mass is 10.1. The van der Waals surface area contributed by atoms with E-state index in [9.17, 15) is 0 Å². The Morgan fingerprint density at radius 2 is 1.17 bits per heavy atom. The van der Waals surface area contributed by atoms with E-state index >= 15 is 0 Å². The van der Waals surface area contributed by atoms with Gasteiger partial charge in [0.15, 0.2) is 0 Å². The molecule has 0 aliphatic carbocycles. The lowest BCUT2D eigenvalue weighted by Crippen LogP contribution is -1.87. The average Bonchev–Trinajstić information content (AvgIpc) is 2.29. The average molecular weight is 628 g/mol. The van der Waals surface area contributed by atoms with Gasteiger partial charge in [-0.05, 0) is 87.5 Å². The number of hydrogen-bond acceptors (Lipinski definition) is 0. The van der Waals surface area contributed by atoms with Gasteiger partial charge in [0, 0.05) is 32.4 Å². The van der Waals surface area contributed by atoms with Crippen molar-refractivity contribution in [3.8, 4) is 11.1 Å². The Balaban J connectivity index is 2.78. The van der Waals surface area contributed by atoms with Crippen molar-refractivity contribution in [2.24, 2.45) is 0 Å². The molecule has 0 bridgehead atoms. The van der Waals surface area contributed by atoms with Crippen LogP contribution < -0.4 is 0 Å². The van der Waals surface area contributed by atoms with Crippen molar-refractivity contribution in [3.63, 3.8) is 0 Å². The zero-order valence-electron chi connectivity index (χ0n) is 8.58. The lowest BCUT2D eigenvalue weighted by molar-refractivity contribution is 1.46. The van der Waals surface area contributed by atoms with Crippen molar-refractivity contribution in [1.82, 2.24) is 0 Å². The summed E-state index contributed by atoms with van der Waals surface area (Å²) < 4.78 is 6.11. The minimum absolute atomic E-state index is 1.00. The topological polar surface area (TPSA) is 0 Å². The third-order valence-corrected chi connectivity index (χ3v) is 7.42. The molecular formula is C12H4Br6. The fraction of sp³-hybridized carbons (Fsp3) is 0. The lowest BCUT2D eigenvalue weighted by Gasteiger charge is -2.13. The van der Waals surface area contributed by atoms with E-state index < -0.39 is 0 Å². The van der Waals surface area contributed by atoms with Crippen LogP contribution in [-0.4, -0.2) is 0 Å². The first-order valence-electron chi connectivity index (χ1n) is 4.70. The van der Waals surface area contributed by atoms with Crippen molar-refractivity contribution in [2.45, 2.75) is 0 Å². The van der Waals surface area contributed by atoms with Gasteiger partial charge in [0.25, 0.3) is 0 Å². The summed E-state index contributed by atoms with van der Waals surface area (Å²) >= 11 is 21.4. The van der Waals surface area contributed by atoms with Crippen LogP contribution in [0.2, 0.25) is 0 Å². The summed E-state index contributed by atoms with van der Waals surface area (Å²) in [5.74, 6) is 0. The van der Waals surface area contributed by atoms with E-state index in [0.29, 0.717) is 0 Å². The summed E-state index contributed by atoms with van der Waals surface area (Å²) in [5.41, 5.74) is 2.20. The molecule has 2 rings (SSSR count). The summed E-state index contributed by atoms with van der Waals surface area (Å²) in [6, 6.07) is 8.12. The van der Waals surface area contributed by atoms with Gasteiger partial charge in [-0.3, -0.25) is 0 Å². The van der Waals surface area contributed by atoms with Crippen molar-refractivity contribution in [2.75, 3.05) is 0 Å².